The number of rotatable bonds is 2. The lowest BCUT2D eigenvalue weighted by Gasteiger charge is -2.34. The van der Waals surface area contributed by atoms with Gasteiger partial charge < -0.3 is 15.2 Å². The molecule has 0 unspecified atom stereocenters. The van der Waals surface area contributed by atoms with Crippen molar-refractivity contribution >= 4 is 11.6 Å². The van der Waals surface area contributed by atoms with Gasteiger partial charge >= 0.3 is 0 Å². The van der Waals surface area contributed by atoms with Crippen molar-refractivity contribution in [3.05, 3.63) is 28.8 Å². The third kappa shape index (κ3) is 2.17. The van der Waals surface area contributed by atoms with Crippen molar-refractivity contribution in [1.29, 1.82) is 0 Å². The van der Waals surface area contributed by atoms with Crippen LogP contribution in [0.25, 0.3) is 0 Å². The van der Waals surface area contributed by atoms with Gasteiger partial charge in [-0.2, -0.15) is 0 Å². The number of methoxy groups -OCH3 is 1. The van der Waals surface area contributed by atoms with Crippen LogP contribution in [0.2, 0.25) is 5.02 Å². The van der Waals surface area contributed by atoms with Crippen LogP contribution >= 0.6 is 11.6 Å². The van der Waals surface area contributed by atoms with E-state index in [1.807, 2.05) is 18.2 Å². The minimum Gasteiger partial charge on any atom is -0.495 e. The SMILES string of the molecule is COc1cc(C2(N)CCOCC2)ccc1Cl. The molecule has 0 radical (unpaired) electrons. The van der Waals surface area contributed by atoms with Crippen molar-refractivity contribution < 1.29 is 9.47 Å². The Kier molecular flexibility index (Phi) is 3.38. The van der Waals surface area contributed by atoms with E-state index in [4.69, 9.17) is 26.8 Å². The van der Waals surface area contributed by atoms with Gasteiger partial charge in [-0.05, 0) is 30.5 Å². The predicted molar refractivity (Wildman–Crippen MR) is 63.9 cm³/mol. The predicted octanol–water partition coefficient (Wildman–Crippen LogP) is 2.31. The van der Waals surface area contributed by atoms with Crippen LogP contribution in [0.3, 0.4) is 0 Å². The summed E-state index contributed by atoms with van der Waals surface area (Å²) >= 11 is 5.99. The third-order valence-corrected chi connectivity index (χ3v) is 3.42. The lowest BCUT2D eigenvalue weighted by molar-refractivity contribution is 0.0522. The van der Waals surface area contributed by atoms with Crippen LogP contribution in [0.5, 0.6) is 5.75 Å². The summed E-state index contributed by atoms with van der Waals surface area (Å²) in [6.07, 6.45) is 1.66. The van der Waals surface area contributed by atoms with Gasteiger partial charge in [-0.25, -0.2) is 0 Å². The van der Waals surface area contributed by atoms with E-state index in [9.17, 15) is 0 Å². The lowest BCUT2D eigenvalue weighted by atomic mass is 9.84. The second-order valence-corrected chi connectivity index (χ2v) is 4.53. The fourth-order valence-electron chi connectivity index (χ4n) is 1.99. The molecule has 4 heteroatoms. The number of benzene rings is 1. The van der Waals surface area contributed by atoms with Gasteiger partial charge in [0.2, 0.25) is 0 Å². The van der Waals surface area contributed by atoms with Gasteiger partial charge in [0.25, 0.3) is 0 Å². The van der Waals surface area contributed by atoms with E-state index in [-0.39, 0.29) is 5.54 Å². The average Bonchev–Trinajstić information content (AvgIpc) is 2.30. The Morgan fingerprint density at radius 1 is 1.38 bits per heavy atom. The number of hydrogen-bond donors (Lipinski definition) is 1. The van der Waals surface area contributed by atoms with Crippen molar-refractivity contribution in [2.24, 2.45) is 5.73 Å². The first-order chi connectivity index (χ1) is 7.65. The van der Waals surface area contributed by atoms with Crippen LogP contribution in [0, 0.1) is 0 Å². The van der Waals surface area contributed by atoms with Crippen LogP contribution in [-0.4, -0.2) is 20.3 Å². The Morgan fingerprint density at radius 3 is 2.69 bits per heavy atom. The van der Waals surface area contributed by atoms with Crippen molar-refractivity contribution in [1.82, 2.24) is 0 Å². The summed E-state index contributed by atoms with van der Waals surface area (Å²) in [5.41, 5.74) is 7.13. The van der Waals surface area contributed by atoms with E-state index < -0.39 is 0 Å². The topological polar surface area (TPSA) is 44.5 Å². The fourth-order valence-corrected chi connectivity index (χ4v) is 2.19. The molecule has 16 heavy (non-hydrogen) atoms. The quantitative estimate of drug-likeness (QED) is 0.864. The first-order valence-corrected chi connectivity index (χ1v) is 5.74. The molecule has 0 aromatic heterocycles. The van der Waals surface area contributed by atoms with Gasteiger partial charge in [-0.15, -0.1) is 0 Å². The molecule has 1 aromatic rings. The van der Waals surface area contributed by atoms with Crippen LogP contribution in [-0.2, 0) is 10.3 Å². The molecule has 1 heterocycles. The smallest absolute Gasteiger partial charge is 0.137 e. The van der Waals surface area contributed by atoms with Gasteiger partial charge in [-0.1, -0.05) is 17.7 Å². The molecular formula is C12H16ClNO2. The van der Waals surface area contributed by atoms with Crippen LogP contribution in [0.15, 0.2) is 18.2 Å². The summed E-state index contributed by atoms with van der Waals surface area (Å²) in [5.74, 6) is 0.676. The lowest BCUT2D eigenvalue weighted by Crippen LogP contribution is -2.42. The Hall–Kier alpha value is -0.770. The zero-order chi connectivity index (χ0) is 11.6. The molecule has 1 fully saturated rings. The minimum atomic E-state index is -0.309. The first kappa shape index (κ1) is 11.7. The molecule has 1 aromatic carbocycles. The molecule has 2 N–H and O–H groups in total. The second-order valence-electron chi connectivity index (χ2n) is 4.12. The molecule has 3 nitrogen and oxygen atoms in total. The van der Waals surface area contributed by atoms with Gasteiger partial charge in [-0.3, -0.25) is 0 Å². The Bertz CT molecular complexity index is 375. The van der Waals surface area contributed by atoms with Gasteiger partial charge in [0.1, 0.15) is 5.75 Å². The summed E-state index contributed by atoms with van der Waals surface area (Å²) in [6, 6.07) is 5.73. The molecule has 0 spiro atoms. The maximum atomic E-state index is 6.38. The van der Waals surface area contributed by atoms with E-state index >= 15 is 0 Å². The van der Waals surface area contributed by atoms with Crippen LogP contribution < -0.4 is 10.5 Å². The Morgan fingerprint density at radius 2 is 2.06 bits per heavy atom. The molecule has 0 atom stereocenters. The monoisotopic (exact) mass is 241 g/mol. The zero-order valence-electron chi connectivity index (χ0n) is 9.33. The molecule has 1 aliphatic heterocycles. The van der Waals surface area contributed by atoms with Gasteiger partial charge in [0.05, 0.1) is 12.1 Å². The van der Waals surface area contributed by atoms with E-state index in [0.29, 0.717) is 24.0 Å². The zero-order valence-corrected chi connectivity index (χ0v) is 10.1. The maximum Gasteiger partial charge on any atom is 0.137 e. The van der Waals surface area contributed by atoms with Crippen molar-refractivity contribution in [2.45, 2.75) is 18.4 Å². The van der Waals surface area contributed by atoms with Gasteiger partial charge in [0, 0.05) is 18.8 Å². The normalized spacial score (nSPS) is 19.4. The Balaban J connectivity index is 2.32. The summed E-state index contributed by atoms with van der Waals surface area (Å²) in [4.78, 5) is 0. The largest absolute Gasteiger partial charge is 0.495 e. The first-order valence-electron chi connectivity index (χ1n) is 5.36. The number of nitrogens with two attached hydrogens (primary N) is 1. The van der Waals surface area contributed by atoms with Crippen molar-refractivity contribution in [3.63, 3.8) is 0 Å². The van der Waals surface area contributed by atoms with Crippen LogP contribution in [0.4, 0.5) is 0 Å². The average molecular weight is 242 g/mol. The number of halogens is 1. The Labute approximate surface area is 100 Å². The highest BCUT2D eigenvalue weighted by Crippen LogP contribution is 2.34. The molecule has 2 rings (SSSR count). The molecule has 0 amide bonds. The summed E-state index contributed by atoms with van der Waals surface area (Å²) in [7, 11) is 1.61. The van der Waals surface area contributed by atoms with Crippen LogP contribution in [0.1, 0.15) is 18.4 Å². The minimum absolute atomic E-state index is 0.309. The summed E-state index contributed by atoms with van der Waals surface area (Å²) in [5, 5.41) is 0.613. The molecule has 0 aliphatic carbocycles. The molecular weight excluding hydrogens is 226 g/mol. The third-order valence-electron chi connectivity index (χ3n) is 3.11. The molecule has 88 valence electrons. The van der Waals surface area contributed by atoms with E-state index in [1.54, 1.807) is 7.11 Å². The van der Waals surface area contributed by atoms with Gasteiger partial charge in [0.15, 0.2) is 0 Å². The highest BCUT2D eigenvalue weighted by atomic mass is 35.5. The fraction of sp³-hybridized carbons (Fsp3) is 0.500. The highest BCUT2D eigenvalue weighted by Gasteiger charge is 2.30. The molecule has 0 saturated carbocycles. The molecule has 1 saturated heterocycles. The number of hydrogen-bond acceptors (Lipinski definition) is 3. The second kappa shape index (κ2) is 4.62. The standard InChI is InChI=1S/C12H16ClNO2/c1-15-11-8-9(2-3-10(11)13)12(14)4-6-16-7-5-12/h2-3,8H,4-7,14H2,1H3. The molecule has 1 aliphatic rings. The molecule has 0 bridgehead atoms. The summed E-state index contributed by atoms with van der Waals surface area (Å²) < 4.78 is 10.5. The maximum absolute atomic E-state index is 6.38. The van der Waals surface area contributed by atoms with E-state index in [0.717, 1.165) is 18.4 Å². The van der Waals surface area contributed by atoms with Crippen molar-refractivity contribution in [3.8, 4) is 5.75 Å². The highest BCUT2D eigenvalue weighted by molar-refractivity contribution is 6.32. The number of ether oxygens (including phenoxy) is 2. The van der Waals surface area contributed by atoms with E-state index in [2.05, 4.69) is 0 Å². The van der Waals surface area contributed by atoms with Crippen molar-refractivity contribution in [2.75, 3.05) is 20.3 Å². The van der Waals surface area contributed by atoms with E-state index in [1.165, 1.54) is 0 Å². The summed E-state index contributed by atoms with van der Waals surface area (Å²) in [6.45, 7) is 1.42.